The molecular weight excluding hydrogens is 250 g/mol. The minimum Gasteiger partial charge on any atom is -0.381 e. The number of rotatable bonds is 3. The van der Waals surface area contributed by atoms with Gasteiger partial charge in [0.1, 0.15) is 0 Å². The SMILES string of the molecule is CN1CCCCC1CNc1nc2ccccc2nc1N. The van der Waals surface area contributed by atoms with Crippen LogP contribution in [-0.4, -0.2) is 41.0 Å². The first-order valence-electron chi connectivity index (χ1n) is 7.20. The van der Waals surface area contributed by atoms with Gasteiger partial charge in [-0.1, -0.05) is 18.6 Å². The number of likely N-dealkylation sites (N-methyl/N-ethyl adjacent to an activating group) is 1. The van der Waals surface area contributed by atoms with Crippen LogP contribution < -0.4 is 11.1 Å². The van der Waals surface area contributed by atoms with Gasteiger partial charge in [0.05, 0.1) is 11.0 Å². The second-order valence-corrected chi connectivity index (χ2v) is 5.46. The van der Waals surface area contributed by atoms with E-state index < -0.39 is 0 Å². The van der Waals surface area contributed by atoms with Gasteiger partial charge in [-0.2, -0.15) is 0 Å². The Balaban J connectivity index is 1.75. The van der Waals surface area contributed by atoms with Gasteiger partial charge in [0, 0.05) is 12.6 Å². The van der Waals surface area contributed by atoms with Gasteiger partial charge in [0.15, 0.2) is 11.6 Å². The summed E-state index contributed by atoms with van der Waals surface area (Å²) >= 11 is 0. The number of nitrogens with two attached hydrogens (primary N) is 1. The van der Waals surface area contributed by atoms with Gasteiger partial charge in [-0.25, -0.2) is 9.97 Å². The Morgan fingerprint density at radius 2 is 2.00 bits per heavy atom. The van der Waals surface area contributed by atoms with Crippen LogP contribution in [0.2, 0.25) is 0 Å². The monoisotopic (exact) mass is 271 g/mol. The van der Waals surface area contributed by atoms with Crippen LogP contribution in [0.15, 0.2) is 24.3 Å². The van der Waals surface area contributed by atoms with Crippen LogP contribution in [0.3, 0.4) is 0 Å². The van der Waals surface area contributed by atoms with Gasteiger partial charge in [-0.15, -0.1) is 0 Å². The zero-order chi connectivity index (χ0) is 13.9. The van der Waals surface area contributed by atoms with E-state index in [1.807, 2.05) is 24.3 Å². The van der Waals surface area contributed by atoms with Crippen LogP contribution in [0, 0.1) is 0 Å². The number of likely N-dealkylation sites (tertiary alicyclic amines) is 1. The van der Waals surface area contributed by atoms with E-state index in [0.29, 0.717) is 17.7 Å². The molecule has 0 amide bonds. The standard InChI is InChI=1S/C15H21N5/c1-20-9-5-4-6-11(20)10-17-15-14(16)18-12-7-2-3-8-13(12)19-15/h2-3,7-8,11H,4-6,9-10H2,1H3,(H2,16,18)(H,17,19). The van der Waals surface area contributed by atoms with E-state index in [1.165, 1.54) is 25.8 Å². The van der Waals surface area contributed by atoms with Crippen molar-refractivity contribution in [2.75, 3.05) is 31.2 Å². The molecule has 1 fully saturated rings. The number of nitrogens with zero attached hydrogens (tertiary/aromatic N) is 3. The Bertz CT molecular complexity index is 598. The Morgan fingerprint density at radius 1 is 1.25 bits per heavy atom. The normalized spacial score (nSPS) is 20.1. The number of hydrogen-bond acceptors (Lipinski definition) is 5. The summed E-state index contributed by atoms with van der Waals surface area (Å²) in [4.78, 5) is 11.4. The first-order valence-corrected chi connectivity index (χ1v) is 7.20. The molecule has 0 aliphatic carbocycles. The number of hydrogen-bond donors (Lipinski definition) is 2. The Labute approximate surface area is 119 Å². The molecule has 1 saturated heterocycles. The summed E-state index contributed by atoms with van der Waals surface area (Å²) in [7, 11) is 2.18. The fraction of sp³-hybridized carbons (Fsp3) is 0.467. The molecule has 1 atom stereocenters. The quantitative estimate of drug-likeness (QED) is 0.895. The Hall–Kier alpha value is -1.88. The fourth-order valence-electron chi connectivity index (χ4n) is 2.76. The molecule has 106 valence electrons. The molecule has 0 bridgehead atoms. The van der Waals surface area contributed by atoms with Gasteiger partial charge in [0.25, 0.3) is 0 Å². The largest absolute Gasteiger partial charge is 0.381 e. The van der Waals surface area contributed by atoms with Crippen LogP contribution in [0.5, 0.6) is 0 Å². The van der Waals surface area contributed by atoms with Crippen molar-refractivity contribution >= 4 is 22.7 Å². The molecule has 5 nitrogen and oxygen atoms in total. The third kappa shape index (κ3) is 2.67. The Kier molecular flexibility index (Phi) is 3.69. The molecule has 0 radical (unpaired) electrons. The van der Waals surface area contributed by atoms with Gasteiger partial charge in [-0.3, -0.25) is 0 Å². The highest BCUT2D eigenvalue weighted by atomic mass is 15.2. The van der Waals surface area contributed by atoms with E-state index in [4.69, 9.17) is 5.73 Å². The average Bonchev–Trinajstić information content (AvgIpc) is 2.46. The lowest BCUT2D eigenvalue weighted by molar-refractivity contribution is 0.194. The summed E-state index contributed by atoms with van der Waals surface area (Å²) < 4.78 is 0. The van der Waals surface area contributed by atoms with Gasteiger partial charge < -0.3 is 16.0 Å². The van der Waals surface area contributed by atoms with E-state index in [1.54, 1.807) is 0 Å². The maximum atomic E-state index is 5.99. The van der Waals surface area contributed by atoms with Crippen molar-refractivity contribution in [2.45, 2.75) is 25.3 Å². The average molecular weight is 271 g/mol. The van der Waals surface area contributed by atoms with Crippen molar-refractivity contribution in [3.63, 3.8) is 0 Å². The molecule has 3 N–H and O–H groups in total. The number of fused-ring (bicyclic) bond motifs is 1. The first kappa shape index (κ1) is 13.1. The first-order chi connectivity index (χ1) is 9.74. The second kappa shape index (κ2) is 5.63. The molecule has 1 unspecified atom stereocenters. The highest BCUT2D eigenvalue weighted by molar-refractivity contribution is 5.79. The third-order valence-electron chi connectivity index (χ3n) is 4.02. The molecule has 1 aromatic carbocycles. The maximum Gasteiger partial charge on any atom is 0.169 e. The maximum absolute atomic E-state index is 5.99. The van der Waals surface area contributed by atoms with Crippen molar-refractivity contribution in [1.82, 2.24) is 14.9 Å². The molecule has 20 heavy (non-hydrogen) atoms. The van der Waals surface area contributed by atoms with Gasteiger partial charge >= 0.3 is 0 Å². The molecule has 0 spiro atoms. The minimum atomic E-state index is 0.474. The predicted molar refractivity (Wildman–Crippen MR) is 82.7 cm³/mol. The number of nitrogens with one attached hydrogen (secondary N) is 1. The molecule has 0 saturated carbocycles. The van der Waals surface area contributed by atoms with Crippen LogP contribution in [0.4, 0.5) is 11.6 Å². The zero-order valence-electron chi connectivity index (χ0n) is 11.8. The molecule has 1 aromatic heterocycles. The number of piperidine rings is 1. The number of para-hydroxylation sites is 2. The Morgan fingerprint density at radius 3 is 2.75 bits per heavy atom. The minimum absolute atomic E-state index is 0.474. The molecular formula is C15H21N5. The van der Waals surface area contributed by atoms with Gasteiger partial charge in [0.2, 0.25) is 0 Å². The van der Waals surface area contributed by atoms with Crippen molar-refractivity contribution in [1.29, 1.82) is 0 Å². The highest BCUT2D eigenvalue weighted by Gasteiger charge is 2.19. The van der Waals surface area contributed by atoms with E-state index >= 15 is 0 Å². The lowest BCUT2D eigenvalue weighted by atomic mass is 10.0. The number of nitrogen functional groups attached to an aromatic ring is 1. The number of aromatic nitrogens is 2. The predicted octanol–water partition coefficient (Wildman–Crippen LogP) is 2.11. The van der Waals surface area contributed by atoms with Crippen LogP contribution in [0.1, 0.15) is 19.3 Å². The summed E-state index contributed by atoms with van der Waals surface area (Å²) in [5.41, 5.74) is 7.70. The van der Waals surface area contributed by atoms with Crippen LogP contribution >= 0.6 is 0 Å². The summed E-state index contributed by atoms with van der Waals surface area (Å²) in [6.45, 7) is 2.04. The van der Waals surface area contributed by atoms with Crippen LogP contribution in [0.25, 0.3) is 11.0 Å². The van der Waals surface area contributed by atoms with E-state index in [-0.39, 0.29) is 0 Å². The summed E-state index contributed by atoms with van der Waals surface area (Å²) in [6.07, 6.45) is 3.82. The number of anilines is 2. The summed E-state index contributed by atoms with van der Waals surface area (Å²) in [6, 6.07) is 8.35. The van der Waals surface area contributed by atoms with Gasteiger partial charge in [-0.05, 0) is 38.6 Å². The summed E-state index contributed by atoms with van der Waals surface area (Å²) in [5.74, 6) is 1.17. The zero-order valence-corrected chi connectivity index (χ0v) is 11.8. The van der Waals surface area contributed by atoms with E-state index in [9.17, 15) is 0 Å². The van der Waals surface area contributed by atoms with E-state index in [2.05, 4.69) is 27.2 Å². The van der Waals surface area contributed by atoms with Crippen molar-refractivity contribution < 1.29 is 0 Å². The topological polar surface area (TPSA) is 67.1 Å². The van der Waals surface area contributed by atoms with Crippen molar-refractivity contribution in [3.05, 3.63) is 24.3 Å². The molecule has 3 rings (SSSR count). The summed E-state index contributed by atoms with van der Waals surface area (Å²) in [5, 5.41) is 3.36. The third-order valence-corrected chi connectivity index (χ3v) is 4.02. The fourth-order valence-corrected chi connectivity index (χ4v) is 2.76. The lowest BCUT2D eigenvalue weighted by Crippen LogP contribution is -2.40. The second-order valence-electron chi connectivity index (χ2n) is 5.46. The molecule has 5 heteroatoms. The highest BCUT2D eigenvalue weighted by Crippen LogP contribution is 2.20. The van der Waals surface area contributed by atoms with E-state index in [0.717, 1.165) is 17.6 Å². The molecule has 1 aliphatic heterocycles. The van der Waals surface area contributed by atoms with Crippen molar-refractivity contribution in [3.8, 4) is 0 Å². The lowest BCUT2D eigenvalue weighted by Gasteiger charge is -2.32. The number of benzene rings is 1. The van der Waals surface area contributed by atoms with Crippen molar-refractivity contribution in [2.24, 2.45) is 0 Å². The molecule has 2 aromatic rings. The molecule has 2 heterocycles. The van der Waals surface area contributed by atoms with Crippen LogP contribution in [-0.2, 0) is 0 Å². The smallest absolute Gasteiger partial charge is 0.169 e. The molecule has 1 aliphatic rings.